The van der Waals surface area contributed by atoms with E-state index in [1.165, 1.54) is 18.5 Å². The standard InChI is InChI=1S/C6H5BBrF3N.K/c8-6-1-5(3-12-4-6)2-7(9,10)11;/h1,3-4H,2H2;/q-1;+1. The molecular weight excluding hydrogens is 273 g/mol. The summed E-state index contributed by atoms with van der Waals surface area (Å²) >= 11 is 3.05. The Morgan fingerprint density at radius 1 is 1.31 bits per heavy atom. The summed E-state index contributed by atoms with van der Waals surface area (Å²) in [5.41, 5.74) is 0.192. The van der Waals surface area contributed by atoms with Gasteiger partial charge in [0.25, 0.3) is 0 Å². The number of hydrogen-bond acceptors (Lipinski definition) is 1. The minimum atomic E-state index is -4.76. The van der Waals surface area contributed by atoms with Crippen LogP contribution in [0.3, 0.4) is 0 Å². The third kappa shape index (κ3) is 6.24. The molecule has 7 heteroatoms. The molecule has 1 heterocycles. The Balaban J connectivity index is 0.00000144. The van der Waals surface area contributed by atoms with Gasteiger partial charge in [-0.2, -0.15) is 0 Å². The molecule has 0 aromatic carbocycles. The van der Waals surface area contributed by atoms with Crippen molar-refractivity contribution in [3.63, 3.8) is 0 Å². The summed E-state index contributed by atoms with van der Waals surface area (Å²) in [6, 6.07) is 1.42. The van der Waals surface area contributed by atoms with E-state index in [0.717, 1.165) is 0 Å². The molecule has 13 heavy (non-hydrogen) atoms. The Bertz CT molecular complexity index is 281. The SMILES string of the molecule is F[B-](F)(F)Cc1cncc(Br)c1.[K+]. The average molecular weight is 278 g/mol. The normalized spacial score (nSPS) is 10.8. The Kier molecular flexibility index (Phi) is 6.38. The predicted molar refractivity (Wildman–Crippen MR) is 44.7 cm³/mol. The van der Waals surface area contributed by atoms with Gasteiger partial charge in [-0.15, -0.1) is 0 Å². The molecule has 0 N–H and O–H groups in total. The van der Waals surface area contributed by atoms with E-state index < -0.39 is 13.3 Å². The van der Waals surface area contributed by atoms with Crippen molar-refractivity contribution in [3.05, 3.63) is 28.5 Å². The van der Waals surface area contributed by atoms with E-state index in [4.69, 9.17) is 0 Å². The van der Waals surface area contributed by atoms with Crippen molar-refractivity contribution in [1.82, 2.24) is 4.98 Å². The quantitative estimate of drug-likeness (QED) is 0.681. The molecule has 0 aliphatic carbocycles. The topological polar surface area (TPSA) is 12.9 Å². The van der Waals surface area contributed by atoms with Gasteiger partial charge in [0, 0.05) is 16.9 Å². The molecule has 1 aromatic rings. The van der Waals surface area contributed by atoms with E-state index in [1.807, 2.05) is 0 Å². The van der Waals surface area contributed by atoms with Gasteiger partial charge < -0.3 is 12.9 Å². The van der Waals surface area contributed by atoms with Crippen LogP contribution in [0.2, 0.25) is 0 Å². The first kappa shape index (κ1) is 14.1. The molecule has 0 saturated carbocycles. The van der Waals surface area contributed by atoms with Crippen LogP contribution in [0.15, 0.2) is 22.9 Å². The first-order valence-electron chi connectivity index (χ1n) is 3.28. The third-order valence-corrected chi connectivity index (χ3v) is 1.66. The van der Waals surface area contributed by atoms with Gasteiger partial charge in [0.1, 0.15) is 0 Å². The average Bonchev–Trinajstić information content (AvgIpc) is 1.82. The Morgan fingerprint density at radius 2 is 1.92 bits per heavy atom. The Labute approximate surface area is 125 Å². The molecule has 0 aliphatic heterocycles. The summed E-state index contributed by atoms with van der Waals surface area (Å²) < 4.78 is 36.2. The van der Waals surface area contributed by atoms with Gasteiger partial charge in [-0.3, -0.25) is 4.98 Å². The van der Waals surface area contributed by atoms with E-state index in [9.17, 15) is 12.9 Å². The number of aromatic nitrogens is 1. The fourth-order valence-electron chi connectivity index (χ4n) is 0.835. The van der Waals surface area contributed by atoms with Crippen LogP contribution in [0.25, 0.3) is 0 Å². The van der Waals surface area contributed by atoms with Crippen LogP contribution in [0.4, 0.5) is 12.9 Å². The third-order valence-electron chi connectivity index (χ3n) is 1.23. The van der Waals surface area contributed by atoms with Gasteiger partial charge in [-0.1, -0.05) is 11.9 Å². The molecule has 0 unspecified atom stereocenters. The number of nitrogens with zero attached hydrogens (tertiary/aromatic N) is 1. The summed E-state index contributed by atoms with van der Waals surface area (Å²) in [6.07, 6.45) is 1.80. The number of halogens is 4. The molecule has 0 saturated heterocycles. The van der Waals surface area contributed by atoms with Crippen molar-refractivity contribution in [1.29, 1.82) is 0 Å². The maximum absolute atomic E-state index is 11.9. The number of rotatable bonds is 2. The first-order chi connectivity index (χ1) is 5.47. The van der Waals surface area contributed by atoms with E-state index in [0.29, 0.717) is 4.47 Å². The molecule has 1 rings (SSSR count). The molecule has 1 nitrogen and oxygen atoms in total. The summed E-state index contributed by atoms with van der Waals surface area (Å²) in [5.74, 6) is 0. The van der Waals surface area contributed by atoms with Crippen LogP contribution in [0.5, 0.6) is 0 Å². The van der Waals surface area contributed by atoms with Crippen molar-refractivity contribution >= 4 is 22.9 Å². The fourth-order valence-corrected chi connectivity index (χ4v) is 1.25. The maximum Gasteiger partial charge on any atom is 1.00 e. The predicted octanol–water partition coefficient (Wildman–Crippen LogP) is -0.223. The molecule has 0 atom stereocenters. The molecule has 0 aliphatic rings. The summed E-state index contributed by atoms with van der Waals surface area (Å²) in [4.78, 5) is 3.63. The minimum Gasteiger partial charge on any atom is -0.449 e. The molecule has 0 bridgehead atoms. The summed E-state index contributed by atoms with van der Waals surface area (Å²) in [7, 11) is 0. The Morgan fingerprint density at radius 3 is 2.38 bits per heavy atom. The molecule has 1 aromatic heterocycles. The van der Waals surface area contributed by atoms with Crippen molar-refractivity contribution in [2.75, 3.05) is 0 Å². The van der Waals surface area contributed by atoms with Crippen LogP contribution < -0.4 is 51.4 Å². The van der Waals surface area contributed by atoms with Crippen LogP contribution in [0.1, 0.15) is 5.56 Å². The van der Waals surface area contributed by atoms with E-state index >= 15 is 0 Å². The number of pyridine rings is 1. The van der Waals surface area contributed by atoms with Gasteiger partial charge in [0.15, 0.2) is 0 Å². The zero-order valence-corrected chi connectivity index (χ0v) is 11.7. The van der Waals surface area contributed by atoms with Gasteiger partial charge in [0.05, 0.1) is 0 Å². The molecule has 66 valence electrons. The van der Waals surface area contributed by atoms with Crippen molar-refractivity contribution in [2.24, 2.45) is 0 Å². The molecular formula is C6H5BBrF3KN. The number of hydrogen-bond donors (Lipinski definition) is 0. The minimum absolute atomic E-state index is 0. The molecule has 0 spiro atoms. The van der Waals surface area contributed by atoms with Crippen LogP contribution in [-0.4, -0.2) is 12.0 Å². The van der Waals surface area contributed by atoms with E-state index in [1.54, 1.807) is 0 Å². The van der Waals surface area contributed by atoms with Gasteiger partial charge in [0.2, 0.25) is 0 Å². The van der Waals surface area contributed by atoms with Crippen molar-refractivity contribution in [3.8, 4) is 0 Å². The first-order valence-corrected chi connectivity index (χ1v) is 4.07. The van der Waals surface area contributed by atoms with Crippen molar-refractivity contribution in [2.45, 2.75) is 6.32 Å². The smallest absolute Gasteiger partial charge is 0.449 e. The van der Waals surface area contributed by atoms with E-state index in [2.05, 4.69) is 20.9 Å². The van der Waals surface area contributed by atoms with Crippen molar-refractivity contribution < 1.29 is 64.3 Å². The molecule has 0 radical (unpaired) electrons. The summed E-state index contributed by atoms with van der Waals surface area (Å²) in [6.45, 7) is -4.76. The van der Waals surface area contributed by atoms with Crippen LogP contribution >= 0.6 is 15.9 Å². The Hall–Kier alpha value is 1.12. The second-order valence-corrected chi connectivity index (χ2v) is 3.34. The maximum atomic E-state index is 11.9. The largest absolute Gasteiger partial charge is 1.00 e. The summed E-state index contributed by atoms with van der Waals surface area (Å²) in [5, 5.41) is 0. The van der Waals surface area contributed by atoms with Crippen LogP contribution in [-0.2, 0) is 6.32 Å². The zero-order valence-electron chi connectivity index (χ0n) is 6.98. The van der Waals surface area contributed by atoms with Crippen LogP contribution in [0, 0.1) is 0 Å². The molecule has 0 amide bonds. The molecule has 0 fully saturated rings. The van der Waals surface area contributed by atoms with Gasteiger partial charge >= 0.3 is 58.4 Å². The second-order valence-electron chi connectivity index (χ2n) is 2.43. The van der Waals surface area contributed by atoms with Gasteiger partial charge in [-0.25, -0.2) is 0 Å². The fraction of sp³-hybridized carbons (Fsp3) is 0.167. The van der Waals surface area contributed by atoms with Gasteiger partial charge in [-0.05, 0) is 22.0 Å². The monoisotopic (exact) mass is 277 g/mol. The zero-order chi connectivity index (χ0) is 9.19. The second kappa shape index (κ2) is 5.87. The van der Waals surface area contributed by atoms with E-state index in [-0.39, 0.29) is 56.9 Å².